The summed E-state index contributed by atoms with van der Waals surface area (Å²) in [5, 5.41) is 2.65. The molecule has 0 radical (unpaired) electrons. The fourth-order valence-electron chi connectivity index (χ4n) is 2.91. The molecule has 0 fully saturated rings. The molecule has 0 aliphatic heterocycles. The molecule has 3 rings (SSSR count). The first-order valence-corrected chi connectivity index (χ1v) is 11.6. The van der Waals surface area contributed by atoms with Crippen LogP contribution in [0.15, 0.2) is 71.6 Å². The minimum absolute atomic E-state index is 0.0412. The fraction of sp³-hybridized carbons (Fsp3) is 0.136. The lowest BCUT2D eigenvalue weighted by atomic mass is 10.2. The molecule has 174 valence electrons. The zero-order valence-electron chi connectivity index (χ0n) is 17.0. The third-order valence-corrected chi connectivity index (χ3v) is 7.19. The van der Waals surface area contributed by atoms with Gasteiger partial charge in [0.15, 0.2) is 0 Å². The van der Waals surface area contributed by atoms with Crippen LogP contribution in [0.2, 0.25) is 10.0 Å². The highest BCUT2D eigenvalue weighted by Crippen LogP contribution is 2.34. The maximum absolute atomic E-state index is 13.3. The number of sulfonamides is 1. The number of carbonyl (C=O) groups is 1. The number of alkyl halides is 3. The number of carbonyl (C=O) groups excluding carboxylic acids is 1. The number of amides is 1. The van der Waals surface area contributed by atoms with Crippen LogP contribution in [0.1, 0.15) is 11.1 Å². The normalized spacial score (nSPS) is 11.8. The topological polar surface area (TPSA) is 66.5 Å². The molecule has 0 aliphatic carbocycles. The number of nitrogens with zero attached hydrogens (tertiary/aromatic N) is 1. The molecule has 0 aliphatic rings. The van der Waals surface area contributed by atoms with Crippen molar-refractivity contribution in [2.24, 2.45) is 0 Å². The van der Waals surface area contributed by atoms with Gasteiger partial charge in [-0.25, -0.2) is 8.42 Å². The van der Waals surface area contributed by atoms with Gasteiger partial charge in [0.05, 0.1) is 31.9 Å². The van der Waals surface area contributed by atoms with E-state index in [1.165, 1.54) is 36.4 Å². The van der Waals surface area contributed by atoms with Gasteiger partial charge in [0.2, 0.25) is 5.91 Å². The largest absolute Gasteiger partial charge is 0.416 e. The highest BCUT2D eigenvalue weighted by molar-refractivity contribution is 7.92. The van der Waals surface area contributed by atoms with E-state index in [1.54, 1.807) is 19.1 Å². The lowest BCUT2D eigenvalue weighted by molar-refractivity contribution is -0.137. The maximum atomic E-state index is 13.3. The molecule has 1 amide bonds. The SMILES string of the molecule is Cc1ccc(S(=O)(=O)N(CC(=O)Nc2cccc(Cl)c2Cl)c2cccc(C(F)(F)F)c2)cc1. The summed E-state index contributed by atoms with van der Waals surface area (Å²) in [5.74, 6) is -0.827. The predicted octanol–water partition coefficient (Wildman–Crippen LogP) is 6.15. The average molecular weight is 517 g/mol. The van der Waals surface area contributed by atoms with E-state index in [1.807, 2.05) is 0 Å². The molecule has 33 heavy (non-hydrogen) atoms. The number of hydrogen-bond acceptors (Lipinski definition) is 3. The summed E-state index contributed by atoms with van der Waals surface area (Å²) in [7, 11) is -4.39. The van der Waals surface area contributed by atoms with Crippen molar-refractivity contribution >= 4 is 50.5 Å². The van der Waals surface area contributed by atoms with Crippen molar-refractivity contribution < 1.29 is 26.4 Å². The van der Waals surface area contributed by atoms with Crippen molar-refractivity contribution in [2.75, 3.05) is 16.2 Å². The number of halogens is 5. The number of nitrogens with one attached hydrogen (secondary N) is 1. The van der Waals surface area contributed by atoms with Gasteiger partial charge in [-0.05, 0) is 49.4 Å². The molecule has 3 aromatic carbocycles. The summed E-state index contributed by atoms with van der Waals surface area (Å²) in [6, 6.07) is 13.9. The molecule has 0 bridgehead atoms. The monoisotopic (exact) mass is 516 g/mol. The van der Waals surface area contributed by atoms with Gasteiger partial charge in [0.25, 0.3) is 10.0 Å². The smallest absolute Gasteiger partial charge is 0.323 e. The zero-order chi connectivity index (χ0) is 24.4. The number of rotatable bonds is 6. The van der Waals surface area contributed by atoms with Gasteiger partial charge >= 0.3 is 6.18 Å². The van der Waals surface area contributed by atoms with E-state index in [4.69, 9.17) is 23.2 Å². The fourth-order valence-corrected chi connectivity index (χ4v) is 4.67. The summed E-state index contributed by atoms with van der Waals surface area (Å²) in [6.07, 6.45) is -4.70. The number of benzene rings is 3. The van der Waals surface area contributed by atoms with E-state index in [-0.39, 0.29) is 26.3 Å². The van der Waals surface area contributed by atoms with Crippen LogP contribution in [0.4, 0.5) is 24.5 Å². The number of aryl methyl sites for hydroxylation is 1. The van der Waals surface area contributed by atoms with Gasteiger partial charge in [-0.1, -0.05) is 53.0 Å². The van der Waals surface area contributed by atoms with E-state index in [0.29, 0.717) is 10.4 Å². The molecule has 3 aromatic rings. The Bertz CT molecular complexity index is 1280. The van der Waals surface area contributed by atoms with Gasteiger partial charge < -0.3 is 5.32 Å². The minimum Gasteiger partial charge on any atom is -0.323 e. The Morgan fingerprint density at radius 1 is 1.00 bits per heavy atom. The lowest BCUT2D eigenvalue weighted by Gasteiger charge is -2.25. The third kappa shape index (κ3) is 5.79. The third-order valence-electron chi connectivity index (χ3n) is 4.58. The molecule has 0 heterocycles. The van der Waals surface area contributed by atoms with Gasteiger partial charge in [-0.2, -0.15) is 13.2 Å². The second kappa shape index (κ2) is 9.62. The van der Waals surface area contributed by atoms with Crippen LogP contribution < -0.4 is 9.62 Å². The van der Waals surface area contributed by atoms with Crippen LogP contribution in [0.5, 0.6) is 0 Å². The van der Waals surface area contributed by atoms with Crippen LogP contribution in [-0.4, -0.2) is 20.9 Å². The standard InChI is InChI=1S/C22H17Cl2F3N2O3S/c1-14-8-10-17(11-9-14)33(31,32)29(16-5-2-4-15(12-16)22(25,26)27)13-20(30)28-19-7-3-6-18(23)21(19)24/h2-12H,13H2,1H3,(H,28,30). The molecule has 0 aromatic heterocycles. The Kier molecular flexibility index (Phi) is 7.26. The van der Waals surface area contributed by atoms with Crippen molar-refractivity contribution in [3.05, 3.63) is 87.9 Å². The van der Waals surface area contributed by atoms with Crippen molar-refractivity contribution in [2.45, 2.75) is 18.0 Å². The van der Waals surface area contributed by atoms with E-state index in [9.17, 15) is 26.4 Å². The summed E-state index contributed by atoms with van der Waals surface area (Å²) >= 11 is 12.0. The predicted molar refractivity (Wildman–Crippen MR) is 122 cm³/mol. The zero-order valence-corrected chi connectivity index (χ0v) is 19.4. The first-order valence-electron chi connectivity index (χ1n) is 9.40. The molecule has 11 heteroatoms. The Balaban J connectivity index is 2.03. The first-order chi connectivity index (χ1) is 15.4. The summed E-state index contributed by atoms with van der Waals surface area (Å²) in [6.45, 7) is 0.948. The summed E-state index contributed by atoms with van der Waals surface area (Å²) < 4.78 is 67.0. The summed E-state index contributed by atoms with van der Waals surface area (Å²) in [4.78, 5) is 12.6. The van der Waals surface area contributed by atoms with E-state index in [2.05, 4.69) is 5.32 Å². The highest BCUT2D eigenvalue weighted by Gasteiger charge is 2.33. The van der Waals surface area contributed by atoms with E-state index >= 15 is 0 Å². The average Bonchev–Trinajstić information content (AvgIpc) is 2.75. The molecular weight excluding hydrogens is 500 g/mol. The van der Waals surface area contributed by atoms with Crippen LogP contribution in [0, 0.1) is 6.92 Å². The van der Waals surface area contributed by atoms with E-state index in [0.717, 1.165) is 17.7 Å². The van der Waals surface area contributed by atoms with Gasteiger partial charge in [-0.15, -0.1) is 0 Å². The molecule has 5 nitrogen and oxygen atoms in total. The highest BCUT2D eigenvalue weighted by atomic mass is 35.5. The van der Waals surface area contributed by atoms with Gasteiger partial charge in [-0.3, -0.25) is 9.10 Å². The lowest BCUT2D eigenvalue weighted by Crippen LogP contribution is -2.38. The van der Waals surface area contributed by atoms with Gasteiger partial charge in [0, 0.05) is 0 Å². The molecule has 0 saturated heterocycles. The first kappa shape index (κ1) is 24.9. The molecular formula is C22H17Cl2F3N2O3S. The Hall–Kier alpha value is -2.75. The molecule has 0 saturated carbocycles. The Morgan fingerprint density at radius 3 is 2.27 bits per heavy atom. The Labute approximate surface area is 198 Å². The second-order valence-corrected chi connectivity index (χ2v) is 9.67. The van der Waals surface area contributed by atoms with Gasteiger partial charge in [0.1, 0.15) is 6.54 Å². The molecule has 1 N–H and O–H groups in total. The molecule has 0 atom stereocenters. The summed E-state index contributed by atoms with van der Waals surface area (Å²) in [5.41, 5.74) is -0.459. The minimum atomic E-state index is -4.70. The van der Waals surface area contributed by atoms with Crippen molar-refractivity contribution in [3.8, 4) is 0 Å². The van der Waals surface area contributed by atoms with Crippen molar-refractivity contribution in [1.29, 1.82) is 0 Å². The van der Waals surface area contributed by atoms with Crippen LogP contribution >= 0.6 is 23.2 Å². The Morgan fingerprint density at radius 2 is 1.64 bits per heavy atom. The van der Waals surface area contributed by atoms with Crippen molar-refractivity contribution in [3.63, 3.8) is 0 Å². The van der Waals surface area contributed by atoms with Crippen LogP contribution in [0.25, 0.3) is 0 Å². The number of hydrogen-bond donors (Lipinski definition) is 1. The maximum Gasteiger partial charge on any atom is 0.416 e. The second-order valence-electron chi connectivity index (χ2n) is 7.02. The van der Waals surface area contributed by atoms with Crippen LogP contribution in [-0.2, 0) is 21.0 Å². The van der Waals surface area contributed by atoms with E-state index < -0.39 is 34.2 Å². The molecule has 0 unspecified atom stereocenters. The van der Waals surface area contributed by atoms with Crippen molar-refractivity contribution in [1.82, 2.24) is 0 Å². The quantitative estimate of drug-likeness (QED) is 0.426. The molecule has 0 spiro atoms. The van der Waals surface area contributed by atoms with Crippen LogP contribution in [0.3, 0.4) is 0 Å². The number of anilines is 2.